The number of rotatable bonds is 1. The van der Waals surface area contributed by atoms with Crippen molar-refractivity contribution in [2.24, 2.45) is 0 Å². The highest BCUT2D eigenvalue weighted by Gasteiger charge is 1.98. The van der Waals surface area contributed by atoms with Crippen molar-refractivity contribution >= 4 is 0 Å². The van der Waals surface area contributed by atoms with Crippen molar-refractivity contribution < 1.29 is 13.9 Å². The van der Waals surface area contributed by atoms with E-state index in [1.165, 1.54) is 12.1 Å². The van der Waals surface area contributed by atoms with E-state index < -0.39 is 6.10 Å². The van der Waals surface area contributed by atoms with E-state index in [9.17, 15) is 8.78 Å². The number of benzene rings is 1. The van der Waals surface area contributed by atoms with Gasteiger partial charge in [-0.1, -0.05) is 12.1 Å². The third kappa shape index (κ3) is 3.44. The van der Waals surface area contributed by atoms with Crippen LogP contribution in [0.15, 0.2) is 24.3 Å². The highest BCUT2D eigenvalue weighted by Crippen LogP contribution is 2.11. The third-order valence-electron chi connectivity index (χ3n) is 1.35. The summed E-state index contributed by atoms with van der Waals surface area (Å²) < 4.78 is 21.8. The summed E-state index contributed by atoms with van der Waals surface area (Å²) in [5.74, 6) is -0.274. The molecule has 0 spiro atoms. The Morgan fingerprint density at radius 3 is 1.92 bits per heavy atom. The van der Waals surface area contributed by atoms with Crippen molar-refractivity contribution in [1.29, 1.82) is 0 Å². The van der Waals surface area contributed by atoms with Crippen LogP contribution in [0.3, 0.4) is 0 Å². The van der Waals surface area contributed by atoms with Crippen molar-refractivity contribution in [3.8, 4) is 0 Å². The van der Waals surface area contributed by atoms with Gasteiger partial charge < -0.3 is 5.11 Å². The summed E-state index contributed by atoms with van der Waals surface area (Å²) in [4.78, 5) is 0. The number of aliphatic hydroxyl groups excluding tert-OH is 1. The van der Waals surface area contributed by atoms with Gasteiger partial charge in [0.25, 0.3) is 0 Å². The standard InChI is InChI=1S/C8H9FO.CH3F/c1-6(10)7-2-4-8(9)5-3-7;1-2/h2-6,10H,1H3;1H3. The second-order valence-electron chi connectivity index (χ2n) is 2.23. The Morgan fingerprint density at radius 2 is 1.58 bits per heavy atom. The molecule has 0 bridgehead atoms. The van der Waals surface area contributed by atoms with Crippen molar-refractivity contribution in [2.45, 2.75) is 13.0 Å². The first-order chi connectivity index (χ1) is 5.70. The van der Waals surface area contributed by atoms with E-state index in [4.69, 9.17) is 5.11 Å². The first-order valence-electron chi connectivity index (χ1n) is 3.51. The Hall–Kier alpha value is -0.960. The van der Waals surface area contributed by atoms with E-state index in [1.54, 1.807) is 19.1 Å². The van der Waals surface area contributed by atoms with E-state index in [2.05, 4.69) is 0 Å². The topological polar surface area (TPSA) is 20.2 Å². The Morgan fingerprint density at radius 1 is 1.17 bits per heavy atom. The predicted octanol–water partition coefficient (Wildman–Crippen LogP) is 2.46. The van der Waals surface area contributed by atoms with Gasteiger partial charge in [0.2, 0.25) is 0 Å². The lowest BCUT2D eigenvalue weighted by Crippen LogP contribution is -1.89. The average molecular weight is 174 g/mol. The molecular formula is C9H12F2O. The number of hydrogen-bond acceptors (Lipinski definition) is 1. The monoisotopic (exact) mass is 174 g/mol. The zero-order chi connectivity index (χ0) is 9.56. The molecule has 12 heavy (non-hydrogen) atoms. The third-order valence-corrected chi connectivity index (χ3v) is 1.35. The van der Waals surface area contributed by atoms with E-state index in [1.807, 2.05) is 0 Å². The lowest BCUT2D eigenvalue weighted by molar-refractivity contribution is 0.199. The summed E-state index contributed by atoms with van der Waals surface area (Å²) in [6.45, 7) is 1.65. The van der Waals surface area contributed by atoms with Crippen LogP contribution in [0, 0.1) is 5.82 Å². The van der Waals surface area contributed by atoms with Gasteiger partial charge in [-0.25, -0.2) is 4.39 Å². The van der Waals surface area contributed by atoms with Gasteiger partial charge in [0, 0.05) is 0 Å². The summed E-state index contributed by atoms with van der Waals surface area (Å²) in [5.41, 5.74) is 0.737. The molecule has 1 unspecified atom stereocenters. The van der Waals surface area contributed by atoms with Gasteiger partial charge in [0.15, 0.2) is 0 Å². The molecule has 1 rings (SSSR count). The molecule has 0 amide bonds. The molecule has 0 fully saturated rings. The fraction of sp³-hybridized carbons (Fsp3) is 0.333. The average Bonchev–Trinajstić information content (AvgIpc) is 2.09. The van der Waals surface area contributed by atoms with E-state index in [0.717, 1.165) is 5.56 Å². The molecule has 1 aromatic rings. The van der Waals surface area contributed by atoms with Gasteiger partial charge in [-0.15, -0.1) is 0 Å². The van der Waals surface area contributed by atoms with Gasteiger partial charge in [-0.3, -0.25) is 4.39 Å². The Kier molecular flexibility index (Phi) is 5.21. The van der Waals surface area contributed by atoms with Crippen LogP contribution >= 0.6 is 0 Å². The minimum atomic E-state index is -0.513. The molecular weight excluding hydrogens is 162 g/mol. The lowest BCUT2D eigenvalue weighted by atomic mass is 10.1. The van der Waals surface area contributed by atoms with E-state index >= 15 is 0 Å². The molecule has 0 aliphatic heterocycles. The van der Waals surface area contributed by atoms with E-state index in [0.29, 0.717) is 7.18 Å². The van der Waals surface area contributed by atoms with Crippen LogP contribution < -0.4 is 0 Å². The van der Waals surface area contributed by atoms with Crippen LogP contribution in [-0.2, 0) is 0 Å². The van der Waals surface area contributed by atoms with Crippen molar-refractivity contribution in [1.82, 2.24) is 0 Å². The smallest absolute Gasteiger partial charge is 0.123 e. The maximum atomic E-state index is 12.3. The Bertz CT molecular complexity index is 206. The number of alkyl halides is 1. The molecule has 1 N–H and O–H groups in total. The summed E-state index contributed by atoms with van der Waals surface area (Å²) >= 11 is 0. The van der Waals surface area contributed by atoms with Gasteiger partial charge in [0.1, 0.15) is 5.82 Å². The van der Waals surface area contributed by atoms with Crippen molar-refractivity contribution in [2.75, 3.05) is 7.18 Å². The minimum Gasteiger partial charge on any atom is -0.389 e. The Balaban J connectivity index is 0.000000561. The molecule has 0 saturated carbocycles. The molecule has 0 heterocycles. The number of halogens is 2. The molecule has 0 aliphatic carbocycles. The van der Waals surface area contributed by atoms with Crippen molar-refractivity contribution in [3.05, 3.63) is 35.6 Å². The molecule has 1 aromatic carbocycles. The summed E-state index contributed by atoms with van der Waals surface area (Å²) in [6, 6.07) is 5.81. The molecule has 0 saturated heterocycles. The Labute approximate surface area is 70.7 Å². The fourth-order valence-corrected chi connectivity index (χ4v) is 0.741. The van der Waals surface area contributed by atoms with Gasteiger partial charge in [-0.2, -0.15) is 0 Å². The highest BCUT2D eigenvalue weighted by molar-refractivity contribution is 5.17. The fourth-order valence-electron chi connectivity index (χ4n) is 0.741. The van der Waals surface area contributed by atoms with Crippen LogP contribution in [0.25, 0.3) is 0 Å². The predicted molar refractivity (Wildman–Crippen MR) is 44.1 cm³/mol. The first kappa shape index (κ1) is 11.0. The molecule has 0 aromatic heterocycles. The van der Waals surface area contributed by atoms with Crippen LogP contribution in [0.2, 0.25) is 0 Å². The quantitative estimate of drug-likeness (QED) is 0.693. The van der Waals surface area contributed by atoms with Gasteiger partial charge in [-0.05, 0) is 24.6 Å². The molecule has 1 atom stereocenters. The number of hydrogen-bond donors (Lipinski definition) is 1. The molecule has 0 aliphatic rings. The first-order valence-corrected chi connectivity index (χ1v) is 3.51. The van der Waals surface area contributed by atoms with Crippen LogP contribution in [0.1, 0.15) is 18.6 Å². The maximum absolute atomic E-state index is 12.3. The largest absolute Gasteiger partial charge is 0.389 e. The second kappa shape index (κ2) is 5.66. The van der Waals surface area contributed by atoms with Crippen LogP contribution in [0.5, 0.6) is 0 Å². The van der Waals surface area contributed by atoms with E-state index in [-0.39, 0.29) is 5.82 Å². The van der Waals surface area contributed by atoms with Gasteiger partial charge in [0.05, 0.1) is 13.3 Å². The van der Waals surface area contributed by atoms with Crippen LogP contribution in [-0.4, -0.2) is 12.3 Å². The zero-order valence-electron chi connectivity index (χ0n) is 7.09. The molecule has 3 heteroatoms. The molecule has 1 nitrogen and oxygen atoms in total. The highest BCUT2D eigenvalue weighted by atomic mass is 19.1. The minimum absolute atomic E-state index is 0.274. The SMILES string of the molecule is CC(O)c1ccc(F)cc1.CF. The van der Waals surface area contributed by atoms with Crippen molar-refractivity contribution in [3.63, 3.8) is 0 Å². The summed E-state index contributed by atoms with van der Waals surface area (Å²) in [6.07, 6.45) is -0.513. The molecule has 68 valence electrons. The van der Waals surface area contributed by atoms with Gasteiger partial charge >= 0.3 is 0 Å². The molecule has 0 radical (unpaired) electrons. The normalized spacial score (nSPS) is 11.4. The summed E-state index contributed by atoms with van der Waals surface area (Å²) in [7, 11) is 0.500. The lowest BCUT2D eigenvalue weighted by Gasteiger charge is -2.01. The summed E-state index contributed by atoms with van der Waals surface area (Å²) in [5, 5.41) is 8.99. The van der Waals surface area contributed by atoms with Crippen LogP contribution in [0.4, 0.5) is 8.78 Å². The zero-order valence-corrected chi connectivity index (χ0v) is 7.09. The number of aliphatic hydroxyl groups is 1. The second-order valence-corrected chi connectivity index (χ2v) is 2.23. The maximum Gasteiger partial charge on any atom is 0.123 e.